The molecule has 2 heterocycles. The summed E-state index contributed by atoms with van der Waals surface area (Å²) in [6, 6.07) is 20.7. The van der Waals surface area contributed by atoms with Crippen molar-refractivity contribution in [2.24, 2.45) is 0 Å². The molecule has 0 saturated carbocycles. The molecule has 1 aromatic heterocycles. The molecule has 1 fully saturated rings. The van der Waals surface area contributed by atoms with Crippen LogP contribution >= 0.6 is 23.2 Å². The quantitative estimate of drug-likeness (QED) is 0.365. The van der Waals surface area contributed by atoms with Crippen LogP contribution in [0.2, 0.25) is 10.0 Å². The van der Waals surface area contributed by atoms with Crippen molar-refractivity contribution in [3.63, 3.8) is 0 Å². The van der Waals surface area contributed by atoms with Crippen molar-refractivity contribution in [1.29, 1.82) is 0 Å². The number of carbonyl (C=O) groups is 1. The highest BCUT2D eigenvalue weighted by molar-refractivity contribution is 6.42. The first-order valence-corrected chi connectivity index (χ1v) is 11.6. The van der Waals surface area contributed by atoms with Crippen molar-refractivity contribution in [3.05, 3.63) is 87.9 Å². The first-order valence-electron chi connectivity index (χ1n) is 10.9. The topological polar surface area (TPSA) is 57.5 Å². The van der Waals surface area contributed by atoms with E-state index in [1.807, 2.05) is 36.4 Å². The van der Waals surface area contributed by atoms with E-state index >= 15 is 0 Å². The Labute approximate surface area is 202 Å². The maximum Gasteiger partial charge on any atom is 0.255 e. The molecule has 0 aliphatic carbocycles. The van der Waals surface area contributed by atoms with Gasteiger partial charge in [0, 0.05) is 49.2 Å². The fourth-order valence-corrected chi connectivity index (χ4v) is 4.44. The Balaban J connectivity index is 1.45. The van der Waals surface area contributed by atoms with Gasteiger partial charge in [0.05, 0.1) is 15.7 Å². The maximum atomic E-state index is 12.9. The molecular formula is C26H23Cl2N3O2. The largest absolute Gasteiger partial charge is 0.456 e. The molecule has 5 nitrogen and oxygen atoms in total. The lowest BCUT2D eigenvalue weighted by atomic mass is 10.1. The summed E-state index contributed by atoms with van der Waals surface area (Å²) in [4.78, 5) is 15.3. The van der Waals surface area contributed by atoms with E-state index in [1.165, 1.54) is 5.56 Å². The van der Waals surface area contributed by atoms with Crippen molar-refractivity contribution in [2.45, 2.75) is 6.54 Å². The second-order valence-corrected chi connectivity index (χ2v) is 8.91. The van der Waals surface area contributed by atoms with Crippen molar-refractivity contribution in [3.8, 4) is 11.3 Å². The molecule has 0 radical (unpaired) electrons. The first-order chi connectivity index (χ1) is 16.1. The number of hydrogen-bond donors (Lipinski definition) is 2. The zero-order chi connectivity index (χ0) is 22.8. The Bertz CT molecular complexity index is 1310. The molecule has 168 valence electrons. The zero-order valence-electron chi connectivity index (χ0n) is 17.9. The van der Waals surface area contributed by atoms with Gasteiger partial charge in [0.25, 0.3) is 5.91 Å². The van der Waals surface area contributed by atoms with Gasteiger partial charge in [-0.1, -0.05) is 47.5 Å². The van der Waals surface area contributed by atoms with Crippen molar-refractivity contribution in [2.75, 3.05) is 31.5 Å². The van der Waals surface area contributed by atoms with Gasteiger partial charge in [-0.15, -0.1) is 0 Å². The highest BCUT2D eigenvalue weighted by Gasteiger charge is 2.17. The number of hydrogen-bond acceptors (Lipinski definition) is 4. The predicted octanol–water partition coefficient (Wildman–Crippen LogP) is 6.06. The summed E-state index contributed by atoms with van der Waals surface area (Å²) in [6.07, 6.45) is 0. The number of fused-ring (bicyclic) bond motifs is 1. The van der Waals surface area contributed by atoms with E-state index in [2.05, 4.69) is 27.7 Å². The van der Waals surface area contributed by atoms with Gasteiger partial charge in [0.15, 0.2) is 0 Å². The highest BCUT2D eigenvalue weighted by Crippen LogP contribution is 2.35. The normalized spacial score (nSPS) is 14.5. The smallest absolute Gasteiger partial charge is 0.255 e. The van der Waals surface area contributed by atoms with Crippen molar-refractivity contribution < 1.29 is 9.21 Å². The lowest BCUT2D eigenvalue weighted by Crippen LogP contribution is -2.42. The number of rotatable bonds is 5. The van der Waals surface area contributed by atoms with Gasteiger partial charge in [0.2, 0.25) is 0 Å². The number of piperazine rings is 1. The lowest BCUT2D eigenvalue weighted by Gasteiger charge is -2.27. The molecule has 0 spiro atoms. The average molecular weight is 480 g/mol. The number of halogens is 2. The van der Waals surface area contributed by atoms with Gasteiger partial charge in [-0.2, -0.15) is 0 Å². The second-order valence-electron chi connectivity index (χ2n) is 8.09. The molecule has 4 aromatic rings. The molecule has 7 heteroatoms. The van der Waals surface area contributed by atoms with Crippen LogP contribution in [0.25, 0.3) is 22.3 Å². The third kappa shape index (κ3) is 4.77. The van der Waals surface area contributed by atoms with Crippen LogP contribution in [0.5, 0.6) is 0 Å². The number of benzene rings is 3. The van der Waals surface area contributed by atoms with Crippen molar-refractivity contribution in [1.82, 2.24) is 10.2 Å². The molecule has 0 bridgehead atoms. The monoisotopic (exact) mass is 479 g/mol. The summed E-state index contributed by atoms with van der Waals surface area (Å²) in [5.41, 5.74) is 3.98. The van der Waals surface area contributed by atoms with Crippen LogP contribution in [0.4, 0.5) is 5.69 Å². The summed E-state index contributed by atoms with van der Waals surface area (Å²) >= 11 is 12.1. The molecule has 0 atom stereocenters. The number of para-hydroxylation sites is 1. The maximum absolute atomic E-state index is 12.9. The molecule has 1 saturated heterocycles. The Kier molecular flexibility index (Phi) is 6.38. The molecule has 1 amide bonds. The van der Waals surface area contributed by atoms with Gasteiger partial charge in [0.1, 0.15) is 11.3 Å². The minimum atomic E-state index is -0.267. The zero-order valence-corrected chi connectivity index (χ0v) is 19.4. The van der Waals surface area contributed by atoms with E-state index in [0.29, 0.717) is 27.1 Å². The number of carbonyl (C=O) groups excluding carboxylic acids is 1. The van der Waals surface area contributed by atoms with Crippen LogP contribution in [0.15, 0.2) is 71.1 Å². The molecule has 1 aliphatic rings. The summed E-state index contributed by atoms with van der Waals surface area (Å²) in [7, 11) is 0. The van der Waals surface area contributed by atoms with E-state index in [9.17, 15) is 4.79 Å². The summed E-state index contributed by atoms with van der Waals surface area (Å²) in [5.74, 6) is 0.444. The standard InChI is InChI=1S/C26H23Cl2N3O2/c27-21-9-8-17(14-22(21)28)26(32)30-23-6-2-1-5-19(23)25-15-20-18(4-3-7-24(20)33-25)16-31-12-10-29-11-13-31/h1-9,14-15,29H,10-13,16H2,(H,30,32). The Hall–Kier alpha value is -2.83. The molecule has 2 N–H and O–H groups in total. The summed E-state index contributed by atoms with van der Waals surface area (Å²) in [5, 5.41) is 8.22. The van der Waals surface area contributed by atoms with Crippen LogP contribution < -0.4 is 10.6 Å². The minimum absolute atomic E-state index is 0.267. The minimum Gasteiger partial charge on any atom is -0.456 e. The average Bonchev–Trinajstić information content (AvgIpc) is 3.27. The summed E-state index contributed by atoms with van der Waals surface area (Å²) in [6.45, 7) is 4.97. The fraction of sp³-hybridized carbons (Fsp3) is 0.192. The van der Waals surface area contributed by atoms with E-state index in [0.717, 1.165) is 49.3 Å². The third-order valence-corrected chi connectivity index (χ3v) is 6.62. The van der Waals surface area contributed by atoms with Gasteiger partial charge < -0.3 is 15.1 Å². The molecule has 5 rings (SSSR count). The molecule has 33 heavy (non-hydrogen) atoms. The SMILES string of the molecule is O=C(Nc1ccccc1-c1cc2c(CN3CCNCC3)cccc2o1)c1ccc(Cl)c(Cl)c1. The highest BCUT2D eigenvalue weighted by atomic mass is 35.5. The Morgan fingerprint density at radius 2 is 1.79 bits per heavy atom. The van der Waals surface area contributed by atoms with Gasteiger partial charge >= 0.3 is 0 Å². The van der Waals surface area contributed by atoms with Crippen LogP contribution in [-0.4, -0.2) is 37.0 Å². The molecule has 1 aliphatic heterocycles. The third-order valence-electron chi connectivity index (χ3n) is 5.88. The van der Waals surface area contributed by atoms with E-state index in [1.54, 1.807) is 18.2 Å². The van der Waals surface area contributed by atoms with E-state index in [4.69, 9.17) is 27.6 Å². The molecule has 3 aromatic carbocycles. The number of furan rings is 1. The van der Waals surface area contributed by atoms with Crippen LogP contribution in [-0.2, 0) is 6.54 Å². The van der Waals surface area contributed by atoms with Gasteiger partial charge in [-0.25, -0.2) is 0 Å². The number of anilines is 1. The lowest BCUT2D eigenvalue weighted by molar-refractivity contribution is 0.102. The van der Waals surface area contributed by atoms with Crippen molar-refractivity contribution >= 4 is 45.8 Å². The van der Waals surface area contributed by atoms with E-state index in [-0.39, 0.29) is 5.91 Å². The van der Waals surface area contributed by atoms with Crippen LogP contribution in [0.3, 0.4) is 0 Å². The predicted molar refractivity (Wildman–Crippen MR) is 134 cm³/mol. The number of nitrogens with one attached hydrogen (secondary N) is 2. The van der Waals surface area contributed by atoms with Gasteiger partial charge in [-0.3, -0.25) is 9.69 Å². The number of nitrogens with zero attached hydrogens (tertiary/aromatic N) is 1. The Morgan fingerprint density at radius 3 is 2.61 bits per heavy atom. The fourth-order valence-electron chi connectivity index (χ4n) is 4.14. The molecule has 0 unspecified atom stereocenters. The number of amides is 1. The summed E-state index contributed by atoms with van der Waals surface area (Å²) < 4.78 is 6.23. The van der Waals surface area contributed by atoms with Crippen LogP contribution in [0.1, 0.15) is 15.9 Å². The molecular weight excluding hydrogens is 457 g/mol. The van der Waals surface area contributed by atoms with Gasteiger partial charge in [-0.05, 0) is 48.0 Å². The van der Waals surface area contributed by atoms with Crippen LogP contribution in [0, 0.1) is 0 Å². The van der Waals surface area contributed by atoms with E-state index < -0.39 is 0 Å². The second kappa shape index (κ2) is 9.57. The Morgan fingerprint density at radius 1 is 0.970 bits per heavy atom. The first kappa shape index (κ1) is 22.0.